The third-order valence-electron chi connectivity index (χ3n) is 2.66. The number of ketones is 1. The number of rotatable bonds is 7. The lowest BCUT2D eigenvalue weighted by molar-refractivity contribution is -0.124. The second kappa shape index (κ2) is 7.94. The van der Waals surface area contributed by atoms with Crippen molar-refractivity contribution in [3.63, 3.8) is 0 Å². The molecule has 4 nitrogen and oxygen atoms in total. The summed E-state index contributed by atoms with van der Waals surface area (Å²) in [6.07, 6.45) is 1.24. The van der Waals surface area contributed by atoms with Crippen LogP contribution in [0.5, 0.6) is 5.75 Å². The van der Waals surface area contributed by atoms with E-state index in [-0.39, 0.29) is 18.1 Å². The number of ether oxygens (including phenoxy) is 1. The van der Waals surface area contributed by atoms with Crippen molar-refractivity contribution < 1.29 is 14.3 Å². The first-order valence-corrected chi connectivity index (χ1v) is 6.90. The summed E-state index contributed by atoms with van der Waals surface area (Å²) in [5.74, 6) is 0.745. The van der Waals surface area contributed by atoms with Gasteiger partial charge in [0.05, 0.1) is 7.11 Å². The Morgan fingerprint density at radius 1 is 1.32 bits per heavy atom. The van der Waals surface area contributed by atoms with Crippen molar-refractivity contribution in [1.29, 1.82) is 0 Å². The van der Waals surface area contributed by atoms with Crippen molar-refractivity contribution >= 4 is 27.6 Å². The van der Waals surface area contributed by atoms with Gasteiger partial charge in [-0.3, -0.25) is 4.79 Å². The van der Waals surface area contributed by atoms with Gasteiger partial charge in [-0.15, -0.1) is 0 Å². The zero-order valence-corrected chi connectivity index (χ0v) is 12.7. The van der Waals surface area contributed by atoms with E-state index in [1.165, 1.54) is 6.92 Å². The quantitative estimate of drug-likeness (QED) is 0.837. The molecule has 1 rings (SSSR count). The predicted octanol–water partition coefficient (Wildman–Crippen LogP) is 2.49. The molecule has 1 aromatic rings. The maximum Gasteiger partial charge on any atom is 0.220 e. The highest BCUT2D eigenvalue weighted by molar-refractivity contribution is 9.10. The molecule has 0 aliphatic rings. The van der Waals surface area contributed by atoms with Gasteiger partial charge in [0.25, 0.3) is 0 Å². The number of amides is 1. The fourth-order valence-corrected chi connectivity index (χ4v) is 2.07. The molecule has 0 aliphatic heterocycles. The van der Waals surface area contributed by atoms with Crippen LogP contribution in [0, 0.1) is 0 Å². The molecule has 0 radical (unpaired) electrons. The van der Waals surface area contributed by atoms with E-state index in [4.69, 9.17) is 4.74 Å². The number of carbonyl (C=O) groups excluding carboxylic acids is 2. The molecule has 0 bridgehead atoms. The van der Waals surface area contributed by atoms with Crippen LogP contribution in [-0.4, -0.2) is 25.3 Å². The minimum atomic E-state index is -0.0934. The van der Waals surface area contributed by atoms with E-state index >= 15 is 0 Å². The van der Waals surface area contributed by atoms with Gasteiger partial charge in [0.2, 0.25) is 5.91 Å². The third kappa shape index (κ3) is 5.87. The lowest BCUT2D eigenvalue weighted by Gasteiger charge is -2.09. The molecule has 0 atom stereocenters. The SMILES string of the molecule is COc1ccc(Br)cc1CCNC(=O)CCC(C)=O. The van der Waals surface area contributed by atoms with Crippen LogP contribution in [0.1, 0.15) is 25.3 Å². The molecule has 0 unspecified atom stereocenters. The minimum absolute atomic E-state index is 0.0313. The van der Waals surface area contributed by atoms with Crippen molar-refractivity contribution in [2.24, 2.45) is 0 Å². The summed E-state index contributed by atoms with van der Waals surface area (Å²) in [5.41, 5.74) is 1.03. The molecule has 1 aromatic carbocycles. The van der Waals surface area contributed by atoms with Gasteiger partial charge < -0.3 is 14.8 Å². The Kier molecular flexibility index (Phi) is 6.56. The summed E-state index contributed by atoms with van der Waals surface area (Å²) < 4.78 is 6.24. The van der Waals surface area contributed by atoms with Crippen LogP contribution in [-0.2, 0) is 16.0 Å². The Morgan fingerprint density at radius 2 is 2.05 bits per heavy atom. The number of halogens is 1. The molecule has 0 fully saturated rings. The fraction of sp³-hybridized carbons (Fsp3) is 0.429. The van der Waals surface area contributed by atoms with Crippen LogP contribution >= 0.6 is 15.9 Å². The first kappa shape index (κ1) is 15.7. The minimum Gasteiger partial charge on any atom is -0.496 e. The lowest BCUT2D eigenvalue weighted by atomic mass is 10.1. The van der Waals surface area contributed by atoms with E-state index in [1.807, 2.05) is 18.2 Å². The second-order valence-corrected chi connectivity index (χ2v) is 5.17. The van der Waals surface area contributed by atoms with Gasteiger partial charge in [0, 0.05) is 23.9 Å². The van der Waals surface area contributed by atoms with Crippen LogP contribution in [0.3, 0.4) is 0 Å². The zero-order valence-electron chi connectivity index (χ0n) is 11.2. The van der Waals surface area contributed by atoms with Crippen molar-refractivity contribution in [2.45, 2.75) is 26.2 Å². The summed E-state index contributed by atoms with van der Waals surface area (Å²) in [4.78, 5) is 22.2. The van der Waals surface area contributed by atoms with E-state index in [1.54, 1.807) is 7.11 Å². The zero-order chi connectivity index (χ0) is 14.3. The smallest absolute Gasteiger partial charge is 0.220 e. The van der Waals surface area contributed by atoms with Crippen LogP contribution < -0.4 is 10.1 Å². The van der Waals surface area contributed by atoms with Crippen molar-refractivity contribution in [3.05, 3.63) is 28.2 Å². The van der Waals surface area contributed by atoms with Crippen LogP contribution in [0.4, 0.5) is 0 Å². The molecule has 0 saturated carbocycles. The van der Waals surface area contributed by atoms with Gasteiger partial charge in [0.1, 0.15) is 11.5 Å². The van der Waals surface area contributed by atoms with Crippen LogP contribution in [0.2, 0.25) is 0 Å². The average Bonchev–Trinajstić information content (AvgIpc) is 2.36. The number of hydrogen-bond donors (Lipinski definition) is 1. The van der Waals surface area contributed by atoms with Gasteiger partial charge in [-0.2, -0.15) is 0 Å². The molecule has 19 heavy (non-hydrogen) atoms. The second-order valence-electron chi connectivity index (χ2n) is 4.26. The summed E-state index contributed by atoms with van der Waals surface area (Å²) in [5, 5.41) is 2.80. The molecule has 0 saturated heterocycles. The van der Waals surface area contributed by atoms with Crippen molar-refractivity contribution in [1.82, 2.24) is 5.32 Å². The molecule has 0 aromatic heterocycles. The molecule has 0 heterocycles. The standard InChI is InChI=1S/C14H18BrNO3/c1-10(17)3-6-14(18)16-8-7-11-9-12(15)4-5-13(11)19-2/h4-5,9H,3,6-8H2,1-2H3,(H,16,18). The first-order chi connectivity index (χ1) is 9.02. The molecule has 1 amide bonds. The first-order valence-electron chi connectivity index (χ1n) is 6.11. The van der Waals surface area contributed by atoms with Crippen LogP contribution in [0.25, 0.3) is 0 Å². The Balaban J connectivity index is 2.42. The van der Waals surface area contributed by atoms with Crippen LogP contribution in [0.15, 0.2) is 22.7 Å². The van der Waals surface area contributed by atoms with E-state index in [0.717, 1.165) is 15.8 Å². The average molecular weight is 328 g/mol. The predicted molar refractivity (Wildman–Crippen MR) is 77.3 cm³/mol. The van der Waals surface area contributed by atoms with Gasteiger partial charge in [-0.25, -0.2) is 0 Å². The van der Waals surface area contributed by atoms with Gasteiger partial charge >= 0.3 is 0 Å². The lowest BCUT2D eigenvalue weighted by Crippen LogP contribution is -2.25. The van der Waals surface area contributed by atoms with E-state index in [2.05, 4.69) is 21.2 Å². The molecule has 5 heteroatoms. The monoisotopic (exact) mass is 327 g/mol. The highest BCUT2D eigenvalue weighted by Crippen LogP contribution is 2.23. The maximum absolute atomic E-state index is 11.5. The Bertz CT molecular complexity index is 460. The summed E-state index contributed by atoms with van der Waals surface area (Å²) >= 11 is 3.41. The molecule has 0 spiro atoms. The fourth-order valence-electron chi connectivity index (χ4n) is 1.66. The van der Waals surface area contributed by atoms with Gasteiger partial charge in [0.15, 0.2) is 0 Å². The molecular formula is C14H18BrNO3. The van der Waals surface area contributed by atoms with Gasteiger partial charge in [-0.1, -0.05) is 15.9 Å². The van der Waals surface area contributed by atoms with Gasteiger partial charge in [-0.05, 0) is 37.1 Å². The Labute approximate surface area is 121 Å². The third-order valence-corrected chi connectivity index (χ3v) is 3.16. The number of Topliss-reactive ketones (excluding diaryl/α,β-unsaturated/α-hetero) is 1. The van der Waals surface area contributed by atoms with E-state index < -0.39 is 0 Å². The Hall–Kier alpha value is -1.36. The maximum atomic E-state index is 11.5. The number of hydrogen-bond acceptors (Lipinski definition) is 3. The largest absolute Gasteiger partial charge is 0.496 e. The molecular weight excluding hydrogens is 310 g/mol. The van der Waals surface area contributed by atoms with E-state index in [0.29, 0.717) is 19.4 Å². The summed E-state index contributed by atoms with van der Waals surface area (Å²) in [7, 11) is 1.62. The van der Waals surface area contributed by atoms with Crippen molar-refractivity contribution in [2.75, 3.05) is 13.7 Å². The number of carbonyl (C=O) groups is 2. The number of nitrogens with one attached hydrogen (secondary N) is 1. The molecule has 0 aliphatic carbocycles. The number of methoxy groups -OCH3 is 1. The topological polar surface area (TPSA) is 55.4 Å². The number of benzene rings is 1. The normalized spacial score (nSPS) is 10.1. The molecule has 1 N–H and O–H groups in total. The highest BCUT2D eigenvalue weighted by Gasteiger charge is 2.06. The summed E-state index contributed by atoms with van der Waals surface area (Å²) in [6.45, 7) is 2.02. The Morgan fingerprint density at radius 3 is 2.68 bits per heavy atom. The molecule has 104 valence electrons. The van der Waals surface area contributed by atoms with E-state index in [9.17, 15) is 9.59 Å². The highest BCUT2D eigenvalue weighted by atomic mass is 79.9. The van der Waals surface area contributed by atoms with Crippen molar-refractivity contribution in [3.8, 4) is 5.75 Å². The summed E-state index contributed by atoms with van der Waals surface area (Å²) in [6, 6.07) is 5.77.